The second kappa shape index (κ2) is 7.19. The van der Waals surface area contributed by atoms with E-state index in [0.29, 0.717) is 23.7 Å². The molecule has 26 heavy (non-hydrogen) atoms. The minimum absolute atomic E-state index is 0.111. The summed E-state index contributed by atoms with van der Waals surface area (Å²) in [6, 6.07) is 7.19. The molecule has 7 nitrogen and oxygen atoms in total. The highest BCUT2D eigenvalue weighted by atomic mass is 16.5. The Labute approximate surface area is 152 Å². The average Bonchev–Trinajstić information content (AvgIpc) is 3.08. The van der Waals surface area contributed by atoms with Crippen molar-refractivity contribution in [1.29, 1.82) is 0 Å². The van der Waals surface area contributed by atoms with Gasteiger partial charge in [-0.25, -0.2) is 0 Å². The van der Waals surface area contributed by atoms with Crippen LogP contribution in [0.4, 0.5) is 5.69 Å². The number of amides is 2. The third-order valence-corrected chi connectivity index (χ3v) is 4.52. The molecular formula is C19H23N3O4. The molecule has 0 radical (unpaired) electrons. The number of hydrogen-bond donors (Lipinski definition) is 1. The van der Waals surface area contributed by atoms with E-state index in [0.717, 1.165) is 11.3 Å². The van der Waals surface area contributed by atoms with Gasteiger partial charge in [-0.1, -0.05) is 19.0 Å². The van der Waals surface area contributed by atoms with Gasteiger partial charge in [0.05, 0.1) is 19.6 Å². The second-order valence-corrected chi connectivity index (χ2v) is 6.83. The molecule has 1 unspecified atom stereocenters. The van der Waals surface area contributed by atoms with E-state index in [1.807, 2.05) is 19.9 Å². The molecule has 0 saturated heterocycles. The summed E-state index contributed by atoms with van der Waals surface area (Å²) in [5.41, 5.74) is 2.11. The van der Waals surface area contributed by atoms with Crippen molar-refractivity contribution in [1.82, 2.24) is 10.1 Å². The number of nitrogens with one attached hydrogen (secondary N) is 1. The Balaban J connectivity index is 1.81. The van der Waals surface area contributed by atoms with Gasteiger partial charge in [-0.05, 0) is 23.8 Å². The van der Waals surface area contributed by atoms with Crippen LogP contribution in [0.1, 0.15) is 49.1 Å². The Kier molecular flexibility index (Phi) is 4.97. The lowest BCUT2D eigenvalue weighted by Crippen LogP contribution is -2.36. The Morgan fingerprint density at radius 3 is 2.85 bits per heavy atom. The highest BCUT2D eigenvalue weighted by molar-refractivity contribution is 6.01. The molecule has 0 bridgehead atoms. The largest absolute Gasteiger partial charge is 0.497 e. The van der Waals surface area contributed by atoms with Crippen LogP contribution in [0.3, 0.4) is 0 Å². The quantitative estimate of drug-likeness (QED) is 0.889. The number of rotatable bonds is 5. The molecule has 1 aromatic carbocycles. The van der Waals surface area contributed by atoms with Crippen LogP contribution in [0.15, 0.2) is 28.8 Å². The second-order valence-electron chi connectivity index (χ2n) is 6.83. The first-order chi connectivity index (χ1) is 12.4. The van der Waals surface area contributed by atoms with Crippen LogP contribution in [-0.4, -0.2) is 36.0 Å². The molecule has 0 spiro atoms. The fraction of sp³-hybridized carbons (Fsp3) is 0.421. The molecule has 0 fully saturated rings. The first kappa shape index (κ1) is 18.0. The number of carbonyl (C=O) groups is 2. The lowest BCUT2D eigenvalue weighted by molar-refractivity contribution is -0.134. The molecule has 2 aromatic rings. The molecule has 2 heterocycles. The summed E-state index contributed by atoms with van der Waals surface area (Å²) in [6.45, 7) is 4.36. The normalized spacial score (nSPS) is 16.2. The number of aromatic nitrogens is 1. The molecule has 7 heteroatoms. The Bertz CT molecular complexity index is 828. The van der Waals surface area contributed by atoms with E-state index in [4.69, 9.17) is 9.26 Å². The number of anilines is 1. The molecule has 1 atom stereocenters. The van der Waals surface area contributed by atoms with Crippen LogP contribution < -0.4 is 10.1 Å². The highest BCUT2D eigenvalue weighted by Gasteiger charge is 2.33. The van der Waals surface area contributed by atoms with Gasteiger partial charge in [-0.2, -0.15) is 0 Å². The zero-order valence-corrected chi connectivity index (χ0v) is 15.4. The third-order valence-electron chi connectivity index (χ3n) is 4.52. The van der Waals surface area contributed by atoms with Crippen LogP contribution in [0.25, 0.3) is 0 Å². The zero-order chi connectivity index (χ0) is 18.8. The van der Waals surface area contributed by atoms with Gasteiger partial charge in [-0.15, -0.1) is 0 Å². The fourth-order valence-corrected chi connectivity index (χ4v) is 3.05. The number of nitrogens with zero attached hydrogens (tertiary/aromatic N) is 2. The Morgan fingerprint density at radius 1 is 1.42 bits per heavy atom. The molecule has 1 N–H and O–H groups in total. The molecule has 0 aliphatic carbocycles. The summed E-state index contributed by atoms with van der Waals surface area (Å²) in [7, 11) is 3.28. The van der Waals surface area contributed by atoms with Gasteiger partial charge < -0.3 is 19.5 Å². The summed E-state index contributed by atoms with van der Waals surface area (Å²) < 4.78 is 10.5. The van der Waals surface area contributed by atoms with Crippen molar-refractivity contribution in [2.45, 2.75) is 38.6 Å². The topological polar surface area (TPSA) is 84.7 Å². The van der Waals surface area contributed by atoms with Crippen molar-refractivity contribution in [3.63, 3.8) is 0 Å². The predicted molar refractivity (Wildman–Crippen MR) is 96.0 cm³/mol. The van der Waals surface area contributed by atoms with Gasteiger partial charge in [0, 0.05) is 31.1 Å². The minimum atomic E-state index is -0.546. The van der Waals surface area contributed by atoms with E-state index in [1.165, 1.54) is 0 Å². The summed E-state index contributed by atoms with van der Waals surface area (Å²) >= 11 is 0. The summed E-state index contributed by atoms with van der Waals surface area (Å²) in [4.78, 5) is 26.6. The van der Waals surface area contributed by atoms with Crippen LogP contribution in [0, 0.1) is 0 Å². The third kappa shape index (κ3) is 3.56. The van der Waals surface area contributed by atoms with Crippen molar-refractivity contribution in [2.75, 3.05) is 19.5 Å². The number of likely N-dealkylation sites (N-methyl/N-ethyl adjacent to an activating group) is 1. The van der Waals surface area contributed by atoms with E-state index in [-0.39, 0.29) is 24.2 Å². The monoisotopic (exact) mass is 357 g/mol. The molecule has 1 aliphatic rings. The van der Waals surface area contributed by atoms with Gasteiger partial charge in [0.15, 0.2) is 0 Å². The van der Waals surface area contributed by atoms with Crippen molar-refractivity contribution in [3.8, 4) is 5.75 Å². The summed E-state index contributed by atoms with van der Waals surface area (Å²) in [6.07, 6.45) is 0.111. The Morgan fingerprint density at radius 2 is 2.19 bits per heavy atom. The molecule has 1 aromatic heterocycles. The number of hydrogen-bond acceptors (Lipinski definition) is 5. The van der Waals surface area contributed by atoms with Crippen LogP contribution in [0.5, 0.6) is 5.75 Å². The lowest BCUT2D eigenvalue weighted by Gasteiger charge is -2.28. The molecule has 138 valence electrons. The molecule has 3 rings (SSSR count). The van der Waals surface area contributed by atoms with E-state index < -0.39 is 5.92 Å². The fourth-order valence-electron chi connectivity index (χ4n) is 3.05. The van der Waals surface area contributed by atoms with Crippen molar-refractivity contribution in [2.24, 2.45) is 0 Å². The SMILES string of the molecule is COc1ccc2c(c1)C(C(=O)N(C)Cc1cc(C(C)C)on1)CC(=O)N2. The van der Waals surface area contributed by atoms with E-state index in [9.17, 15) is 9.59 Å². The number of methoxy groups -OCH3 is 1. The number of fused-ring (bicyclic) bond motifs is 1. The van der Waals surface area contributed by atoms with Gasteiger partial charge >= 0.3 is 0 Å². The summed E-state index contributed by atoms with van der Waals surface area (Å²) in [5.74, 6) is 0.821. The lowest BCUT2D eigenvalue weighted by atomic mass is 9.89. The van der Waals surface area contributed by atoms with Crippen LogP contribution in [-0.2, 0) is 16.1 Å². The van der Waals surface area contributed by atoms with Gasteiger partial charge in [0.1, 0.15) is 17.2 Å². The van der Waals surface area contributed by atoms with E-state index >= 15 is 0 Å². The van der Waals surface area contributed by atoms with Gasteiger partial charge in [-0.3, -0.25) is 9.59 Å². The van der Waals surface area contributed by atoms with Crippen molar-refractivity contribution >= 4 is 17.5 Å². The first-order valence-electron chi connectivity index (χ1n) is 8.57. The molecule has 0 saturated carbocycles. The van der Waals surface area contributed by atoms with Crippen LogP contribution >= 0.6 is 0 Å². The average molecular weight is 357 g/mol. The van der Waals surface area contributed by atoms with Crippen molar-refractivity contribution in [3.05, 3.63) is 41.3 Å². The molecule has 1 aliphatic heterocycles. The summed E-state index contributed by atoms with van der Waals surface area (Å²) in [5, 5.41) is 6.83. The van der Waals surface area contributed by atoms with Crippen LogP contribution in [0.2, 0.25) is 0 Å². The van der Waals surface area contributed by atoms with Gasteiger partial charge in [0.2, 0.25) is 11.8 Å². The van der Waals surface area contributed by atoms with Gasteiger partial charge in [0.25, 0.3) is 0 Å². The maximum Gasteiger partial charge on any atom is 0.230 e. The maximum absolute atomic E-state index is 13.0. The zero-order valence-electron chi connectivity index (χ0n) is 15.4. The first-order valence-corrected chi connectivity index (χ1v) is 8.57. The molecule has 2 amide bonds. The van der Waals surface area contributed by atoms with Crippen molar-refractivity contribution < 1.29 is 18.8 Å². The van der Waals surface area contributed by atoms with E-state index in [1.54, 1.807) is 37.3 Å². The standard InChI is InChI=1S/C19H23N3O4/c1-11(2)17-7-12(21-26-17)10-22(3)19(24)15-9-18(23)20-16-6-5-13(25-4)8-14(15)16/h5-8,11,15H,9-10H2,1-4H3,(H,20,23). The highest BCUT2D eigenvalue weighted by Crippen LogP contribution is 2.36. The minimum Gasteiger partial charge on any atom is -0.497 e. The Hall–Kier alpha value is -2.83. The number of ether oxygens (including phenoxy) is 1. The number of benzene rings is 1. The molecular weight excluding hydrogens is 334 g/mol. The predicted octanol–water partition coefficient (Wildman–Crippen LogP) is 2.89. The number of carbonyl (C=O) groups excluding carboxylic acids is 2. The smallest absolute Gasteiger partial charge is 0.230 e. The van der Waals surface area contributed by atoms with E-state index in [2.05, 4.69) is 10.5 Å². The maximum atomic E-state index is 13.0.